The van der Waals surface area contributed by atoms with E-state index in [1.165, 1.54) is 22.9 Å². The molecule has 2 rings (SSSR count). The smallest absolute Gasteiger partial charge is 0.338 e. The highest BCUT2D eigenvalue weighted by Gasteiger charge is 2.29. The molecule has 1 aromatic rings. The Hall–Kier alpha value is -0.960. The molecule has 1 aliphatic heterocycles. The maximum Gasteiger partial charge on any atom is 0.338 e. The number of ether oxygens (including phenoxy) is 1. The molecule has 0 saturated carbocycles. The number of piperazine rings is 1. The molecule has 0 atom stereocenters. The highest BCUT2D eigenvalue weighted by Crippen LogP contribution is 2.25. The van der Waals surface area contributed by atoms with Gasteiger partial charge in [0.1, 0.15) is 4.21 Å². The third-order valence-corrected chi connectivity index (χ3v) is 6.68. The van der Waals surface area contributed by atoms with E-state index in [2.05, 4.69) is 16.6 Å². The first kappa shape index (κ1) is 15.4. The van der Waals surface area contributed by atoms with Crippen LogP contribution in [0.2, 0.25) is 0 Å². The average Bonchev–Trinajstić information content (AvgIpc) is 2.97. The van der Waals surface area contributed by atoms with E-state index in [4.69, 9.17) is 0 Å². The van der Waals surface area contributed by atoms with Crippen molar-refractivity contribution in [1.29, 1.82) is 0 Å². The Balaban J connectivity index is 2.14. The number of methoxy groups -OCH3 is 1. The first-order valence-electron chi connectivity index (χ1n) is 6.38. The molecule has 1 aromatic heterocycles. The molecule has 6 nitrogen and oxygen atoms in total. The van der Waals surface area contributed by atoms with Crippen LogP contribution in [0.25, 0.3) is 0 Å². The van der Waals surface area contributed by atoms with E-state index in [0.29, 0.717) is 13.1 Å². The van der Waals surface area contributed by atoms with Gasteiger partial charge in [0.15, 0.2) is 0 Å². The molecule has 0 aromatic carbocycles. The Morgan fingerprint density at radius 2 is 2.00 bits per heavy atom. The topological polar surface area (TPSA) is 66.9 Å². The lowest BCUT2D eigenvalue weighted by molar-refractivity contribution is 0.0601. The summed E-state index contributed by atoms with van der Waals surface area (Å²) < 4.78 is 31.2. The predicted octanol–water partition coefficient (Wildman–Crippen LogP) is 0.861. The van der Waals surface area contributed by atoms with Crippen LogP contribution in [0, 0.1) is 0 Å². The summed E-state index contributed by atoms with van der Waals surface area (Å²) in [5.74, 6) is -0.515. The number of carbonyl (C=O) groups excluding carboxylic acids is 1. The summed E-state index contributed by atoms with van der Waals surface area (Å²) in [7, 11) is -2.22. The van der Waals surface area contributed by atoms with Crippen LogP contribution >= 0.6 is 11.3 Å². The fourth-order valence-electron chi connectivity index (χ4n) is 2.09. The van der Waals surface area contributed by atoms with Crippen molar-refractivity contribution in [2.75, 3.05) is 39.8 Å². The zero-order valence-electron chi connectivity index (χ0n) is 11.5. The quantitative estimate of drug-likeness (QED) is 0.770. The number of carbonyl (C=O) groups is 1. The van der Waals surface area contributed by atoms with Gasteiger partial charge in [-0.15, -0.1) is 11.3 Å². The highest BCUT2D eigenvalue weighted by molar-refractivity contribution is 7.91. The predicted molar refractivity (Wildman–Crippen MR) is 76.5 cm³/mol. The molecule has 20 heavy (non-hydrogen) atoms. The first-order chi connectivity index (χ1) is 9.48. The van der Waals surface area contributed by atoms with Crippen molar-refractivity contribution >= 4 is 27.3 Å². The van der Waals surface area contributed by atoms with E-state index in [1.54, 1.807) is 0 Å². The molecule has 1 aliphatic rings. The Kier molecular flexibility index (Phi) is 4.79. The molecule has 1 fully saturated rings. The van der Waals surface area contributed by atoms with Gasteiger partial charge in [0.2, 0.25) is 0 Å². The first-order valence-corrected chi connectivity index (χ1v) is 8.70. The number of likely N-dealkylation sites (N-methyl/N-ethyl adjacent to an activating group) is 1. The van der Waals surface area contributed by atoms with Crippen LogP contribution in [0.5, 0.6) is 0 Å². The molecule has 0 aliphatic carbocycles. The third kappa shape index (κ3) is 3.03. The van der Waals surface area contributed by atoms with E-state index < -0.39 is 16.0 Å². The van der Waals surface area contributed by atoms with Crippen LogP contribution in [-0.4, -0.2) is 63.4 Å². The van der Waals surface area contributed by atoms with Crippen molar-refractivity contribution < 1.29 is 17.9 Å². The van der Waals surface area contributed by atoms with Crippen LogP contribution in [-0.2, 0) is 14.8 Å². The highest BCUT2D eigenvalue weighted by atomic mass is 32.2. The normalized spacial score (nSPS) is 18.1. The second-order valence-corrected chi connectivity index (χ2v) is 7.56. The van der Waals surface area contributed by atoms with Crippen molar-refractivity contribution in [2.24, 2.45) is 0 Å². The van der Waals surface area contributed by atoms with Crippen molar-refractivity contribution in [3.05, 3.63) is 17.0 Å². The van der Waals surface area contributed by atoms with Crippen molar-refractivity contribution in [2.45, 2.75) is 11.1 Å². The zero-order chi connectivity index (χ0) is 14.8. The minimum atomic E-state index is -3.50. The van der Waals surface area contributed by atoms with Crippen molar-refractivity contribution in [3.8, 4) is 0 Å². The number of sulfonamides is 1. The van der Waals surface area contributed by atoms with Crippen molar-refractivity contribution in [1.82, 2.24) is 9.21 Å². The van der Waals surface area contributed by atoms with Crippen LogP contribution < -0.4 is 0 Å². The summed E-state index contributed by atoms with van der Waals surface area (Å²) in [6, 6.07) is 1.39. The Morgan fingerprint density at radius 1 is 1.35 bits per heavy atom. The molecule has 0 radical (unpaired) electrons. The van der Waals surface area contributed by atoms with E-state index in [0.717, 1.165) is 31.0 Å². The van der Waals surface area contributed by atoms with Gasteiger partial charge in [-0.25, -0.2) is 13.2 Å². The summed E-state index contributed by atoms with van der Waals surface area (Å²) in [6.45, 7) is 5.45. The Labute approximate surface area is 123 Å². The van der Waals surface area contributed by atoms with Gasteiger partial charge in [-0.1, -0.05) is 6.92 Å². The van der Waals surface area contributed by atoms with Crippen molar-refractivity contribution in [3.63, 3.8) is 0 Å². The summed E-state index contributed by atoms with van der Waals surface area (Å²) in [5.41, 5.74) is 0.281. The minimum absolute atomic E-state index is 0.197. The lowest BCUT2D eigenvalue weighted by Crippen LogP contribution is -2.48. The summed E-state index contributed by atoms with van der Waals surface area (Å²) in [4.78, 5) is 13.6. The van der Waals surface area contributed by atoms with Crippen LogP contribution in [0.4, 0.5) is 0 Å². The molecular weight excluding hydrogens is 300 g/mol. The summed E-state index contributed by atoms with van der Waals surface area (Å²) in [6.07, 6.45) is 0. The fourth-order valence-corrected chi connectivity index (χ4v) is 4.81. The summed E-state index contributed by atoms with van der Waals surface area (Å²) >= 11 is 1.06. The van der Waals surface area contributed by atoms with E-state index in [-0.39, 0.29) is 9.77 Å². The number of hydrogen-bond donors (Lipinski definition) is 0. The molecule has 0 amide bonds. The summed E-state index contributed by atoms with van der Waals surface area (Å²) in [5, 5.41) is 1.51. The maximum atomic E-state index is 12.5. The molecule has 2 heterocycles. The molecule has 112 valence electrons. The maximum absolute atomic E-state index is 12.5. The van der Waals surface area contributed by atoms with Gasteiger partial charge in [0.25, 0.3) is 10.0 Å². The molecule has 0 spiro atoms. The van der Waals surface area contributed by atoms with Crippen LogP contribution in [0.3, 0.4) is 0 Å². The van der Waals surface area contributed by atoms with Gasteiger partial charge in [0.05, 0.1) is 12.7 Å². The second-order valence-electron chi connectivity index (χ2n) is 4.48. The van der Waals surface area contributed by atoms with Gasteiger partial charge in [0, 0.05) is 31.6 Å². The second kappa shape index (κ2) is 6.21. The standard InChI is InChI=1S/C12H18N2O4S2/c1-3-13-4-6-14(7-5-13)20(16,17)11-8-10(9-19-11)12(15)18-2/h8-9H,3-7H2,1-2H3. The molecular formula is C12H18N2O4S2. The number of rotatable bonds is 4. The lowest BCUT2D eigenvalue weighted by atomic mass is 10.3. The Morgan fingerprint density at radius 3 is 2.55 bits per heavy atom. The minimum Gasteiger partial charge on any atom is -0.465 e. The Bertz CT molecular complexity index is 574. The van der Waals surface area contributed by atoms with E-state index >= 15 is 0 Å². The fraction of sp³-hybridized carbons (Fsp3) is 0.583. The number of thiophene rings is 1. The SMILES string of the molecule is CCN1CCN(S(=O)(=O)c2cc(C(=O)OC)cs2)CC1. The molecule has 8 heteroatoms. The van der Waals surface area contributed by atoms with Crippen LogP contribution in [0.15, 0.2) is 15.7 Å². The van der Waals surface area contributed by atoms with Gasteiger partial charge < -0.3 is 9.64 Å². The zero-order valence-corrected chi connectivity index (χ0v) is 13.2. The number of nitrogens with zero attached hydrogens (tertiary/aromatic N) is 2. The molecule has 0 N–H and O–H groups in total. The van der Waals surface area contributed by atoms with Gasteiger partial charge >= 0.3 is 5.97 Å². The number of esters is 1. The van der Waals surface area contributed by atoms with Crippen LogP contribution in [0.1, 0.15) is 17.3 Å². The molecule has 0 bridgehead atoms. The average molecular weight is 318 g/mol. The molecule has 0 unspecified atom stereocenters. The van der Waals surface area contributed by atoms with E-state index in [1.807, 2.05) is 0 Å². The lowest BCUT2D eigenvalue weighted by Gasteiger charge is -2.32. The number of hydrogen-bond acceptors (Lipinski definition) is 6. The van der Waals surface area contributed by atoms with Gasteiger partial charge in [-0.2, -0.15) is 4.31 Å². The van der Waals surface area contributed by atoms with Gasteiger partial charge in [-0.05, 0) is 12.6 Å². The van der Waals surface area contributed by atoms with Gasteiger partial charge in [-0.3, -0.25) is 0 Å². The molecule has 1 saturated heterocycles. The largest absolute Gasteiger partial charge is 0.465 e. The third-order valence-electron chi connectivity index (χ3n) is 3.37. The monoisotopic (exact) mass is 318 g/mol. The van der Waals surface area contributed by atoms with E-state index in [9.17, 15) is 13.2 Å².